The molecule has 2 N–H and O–H groups in total. The zero-order chi connectivity index (χ0) is 47.8. The van der Waals surface area contributed by atoms with Gasteiger partial charge in [-0.2, -0.15) is 8.42 Å². The molecule has 19 nitrogen and oxygen atoms in total. The first-order valence-corrected chi connectivity index (χ1v) is 23.7. The lowest BCUT2D eigenvalue weighted by Gasteiger charge is -2.42. The second-order valence-electron chi connectivity index (χ2n) is 19.5. The largest absolute Gasteiger partial charge is 0.462 e. The Morgan fingerprint density at radius 2 is 1.19 bits per heavy atom. The summed E-state index contributed by atoms with van der Waals surface area (Å²) in [5, 5.41) is 4.88. The van der Waals surface area contributed by atoms with E-state index in [1.54, 1.807) is 88.0 Å². The van der Waals surface area contributed by atoms with Crippen molar-refractivity contribution < 1.29 is 60.3 Å². The van der Waals surface area contributed by atoms with Crippen molar-refractivity contribution in [1.82, 2.24) is 20.4 Å². The third kappa shape index (κ3) is 22.6. The summed E-state index contributed by atoms with van der Waals surface area (Å²) in [4.78, 5) is 78.3. The van der Waals surface area contributed by atoms with Crippen LogP contribution >= 0.6 is 0 Å². The van der Waals surface area contributed by atoms with Gasteiger partial charge in [0.1, 0.15) is 22.4 Å². The van der Waals surface area contributed by atoms with E-state index in [2.05, 4.69) is 20.6 Å². The van der Waals surface area contributed by atoms with Gasteiger partial charge < -0.3 is 28.6 Å². The Labute approximate surface area is 374 Å². The number of carbonyl (C=O) groups excluding carboxylic acids is 5. The van der Waals surface area contributed by atoms with Crippen LogP contribution in [0.2, 0.25) is 0 Å². The molecule has 0 spiro atoms. The van der Waals surface area contributed by atoms with Crippen molar-refractivity contribution in [2.24, 2.45) is 9.98 Å². The van der Waals surface area contributed by atoms with Crippen molar-refractivity contribution in [3.05, 3.63) is 11.3 Å². The van der Waals surface area contributed by atoms with E-state index in [9.17, 15) is 32.4 Å². The molecule has 360 valence electrons. The van der Waals surface area contributed by atoms with Crippen LogP contribution in [0.1, 0.15) is 160 Å². The molecule has 0 aromatic heterocycles. The van der Waals surface area contributed by atoms with Crippen molar-refractivity contribution in [3.8, 4) is 0 Å². The second-order valence-corrected chi connectivity index (χ2v) is 21.1. The quantitative estimate of drug-likeness (QED) is 0.0351. The van der Waals surface area contributed by atoms with E-state index in [1.165, 1.54) is 4.90 Å². The molecule has 0 bridgehead atoms. The number of allylic oxidation sites excluding steroid dienone is 1. The highest BCUT2D eigenvalue weighted by atomic mass is 32.2. The summed E-state index contributed by atoms with van der Waals surface area (Å²) in [5.41, 5.74) is -2.48. The number of nitrogens with zero attached hydrogens (tertiary/aromatic N) is 4. The summed E-state index contributed by atoms with van der Waals surface area (Å²) in [7, 11) is -3.47. The number of hydrogen-bond acceptors (Lipinski definition) is 14. The zero-order valence-electron chi connectivity index (χ0n) is 39.9. The smallest absolute Gasteiger partial charge is 0.437 e. The molecule has 0 radical (unpaired) electrons. The van der Waals surface area contributed by atoms with Gasteiger partial charge in [-0.1, -0.05) is 38.5 Å². The molecule has 1 atom stereocenters. The molecule has 0 unspecified atom stereocenters. The van der Waals surface area contributed by atoms with Crippen molar-refractivity contribution in [1.29, 1.82) is 0 Å². The number of alkyl carbamates (subject to hydrolysis) is 2. The van der Waals surface area contributed by atoms with Crippen molar-refractivity contribution >= 4 is 52.4 Å². The van der Waals surface area contributed by atoms with Crippen LogP contribution in [0, 0.1) is 0 Å². The van der Waals surface area contributed by atoms with Crippen molar-refractivity contribution in [3.63, 3.8) is 0 Å². The number of rotatable bonds is 17. The van der Waals surface area contributed by atoms with E-state index in [1.807, 2.05) is 0 Å². The summed E-state index contributed by atoms with van der Waals surface area (Å²) in [6, 6.07) is -0.879. The molecular weight excluding hydrogens is 841 g/mol. The van der Waals surface area contributed by atoms with Gasteiger partial charge in [-0.25, -0.2) is 28.9 Å². The van der Waals surface area contributed by atoms with Crippen LogP contribution in [0.15, 0.2) is 21.3 Å². The summed E-state index contributed by atoms with van der Waals surface area (Å²) >= 11 is 0. The lowest BCUT2D eigenvalue weighted by molar-refractivity contribution is -0.140. The molecule has 20 heteroatoms. The normalized spacial score (nSPS) is 16.6. The predicted molar refractivity (Wildman–Crippen MR) is 237 cm³/mol. The Morgan fingerprint density at radius 3 is 1.71 bits per heavy atom. The summed E-state index contributed by atoms with van der Waals surface area (Å²) in [6.45, 7) is 21.2. The minimum atomic E-state index is -3.47. The molecule has 0 saturated carbocycles. The minimum Gasteiger partial charge on any atom is -0.462 e. The van der Waals surface area contributed by atoms with Crippen LogP contribution in [0.5, 0.6) is 0 Å². The summed E-state index contributed by atoms with van der Waals surface area (Å²) < 4.78 is 55.2. The molecule has 0 aromatic rings. The van der Waals surface area contributed by atoms with Gasteiger partial charge in [-0.15, -0.1) is 4.99 Å². The van der Waals surface area contributed by atoms with Gasteiger partial charge in [0.15, 0.2) is 0 Å². The number of fused-ring (bicyclic) bond motifs is 1. The molecule has 2 aliphatic rings. The van der Waals surface area contributed by atoms with E-state index in [4.69, 9.17) is 27.9 Å². The van der Waals surface area contributed by atoms with Gasteiger partial charge in [0.05, 0.1) is 31.1 Å². The number of esters is 1. The zero-order valence-corrected chi connectivity index (χ0v) is 40.7. The maximum absolute atomic E-state index is 14.2. The topological polar surface area (TPSA) is 230 Å². The van der Waals surface area contributed by atoms with E-state index < -0.39 is 68.9 Å². The van der Waals surface area contributed by atoms with Gasteiger partial charge in [-0.3, -0.25) is 19.8 Å². The van der Waals surface area contributed by atoms with Crippen LogP contribution in [-0.2, 0) is 42.8 Å². The van der Waals surface area contributed by atoms with Gasteiger partial charge in [0.25, 0.3) is 10.1 Å². The first-order chi connectivity index (χ1) is 28.9. The fraction of sp³-hybridized carbons (Fsp3) is 0.791. The monoisotopic (exact) mass is 915 g/mol. The van der Waals surface area contributed by atoms with Crippen LogP contribution in [-0.4, -0.2) is 121 Å². The lowest BCUT2D eigenvalue weighted by atomic mass is 9.94. The molecule has 2 rings (SSSR count). The predicted octanol–water partition coefficient (Wildman–Crippen LogP) is 8.07. The number of unbranched alkanes of at least 4 members (excludes halogenated alkanes) is 7. The fourth-order valence-electron chi connectivity index (χ4n) is 6.39. The fourth-order valence-corrected chi connectivity index (χ4v) is 6.81. The Hall–Kier alpha value is -4.46. The first-order valence-electron chi connectivity index (χ1n) is 21.8. The van der Waals surface area contributed by atoms with Crippen molar-refractivity contribution in [2.75, 3.05) is 32.6 Å². The molecule has 1 fully saturated rings. The number of ether oxygens (including phenoxy) is 5. The number of aliphatic imine (C=N–C) groups is 2. The standard InChI is InChI=1S/C43H74N6O13S/c1-40(2,3)59-36(51)45-34(46-37(52)60-41(4,5)6)44-26-20-22-28-57-33(50)32-30-25-23-27-48(30)35(47-38(53)61-42(7,8)9)49(39(54)62-43(10,11)12)31(32)24-19-17-15-14-16-18-21-29-58-63(13,55)56/h31H,14-29H2,1-13H3,(H2,44,45,46,51,52)/b47-35+/t31-/m1/s1. The van der Waals surface area contributed by atoms with Gasteiger partial charge in [0, 0.05) is 18.8 Å². The van der Waals surface area contributed by atoms with Crippen molar-refractivity contribution in [2.45, 2.75) is 189 Å². The third-order valence-electron chi connectivity index (χ3n) is 8.64. The molecule has 2 heterocycles. The van der Waals surface area contributed by atoms with Crippen LogP contribution in [0.25, 0.3) is 0 Å². The molecule has 0 aliphatic carbocycles. The molecular formula is C43H74N6O13S. The average Bonchev–Trinajstić information content (AvgIpc) is 3.56. The molecule has 63 heavy (non-hydrogen) atoms. The van der Waals surface area contributed by atoms with Crippen LogP contribution < -0.4 is 10.6 Å². The first kappa shape index (κ1) is 54.7. The lowest BCUT2D eigenvalue weighted by Crippen LogP contribution is -2.58. The number of nitrogens with one attached hydrogen (secondary N) is 2. The van der Waals surface area contributed by atoms with E-state index >= 15 is 0 Å². The SMILES string of the molecule is CC(C)(C)OC(=O)/N=C1\N2CCCC2=C(C(=O)OCCCCN=C(NC(=O)OC(C)(C)C)NC(=O)OC(C)(C)C)[C@@H](CCCCCCCCCOS(C)(=O)=O)N1C(=O)OC(C)(C)C. The third-order valence-corrected chi connectivity index (χ3v) is 9.24. The number of amides is 4. The summed E-state index contributed by atoms with van der Waals surface area (Å²) in [6.07, 6.45) is 5.37. The van der Waals surface area contributed by atoms with Gasteiger partial charge >= 0.3 is 30.3 Å². The maximum Gasteiger partial charge on any atom is 0.437 e. The second kappa shape index (κ2) is 24.0. The molecule has 0 aromatic carbocycles. The van der Waals surface area contributed by atoms with Crippen LogP contribution in [0.3, 0.4) is 0 Å². The number of hydrogen-bond donors (Lipinski definition) is 2. The minimum absolute atomic E-state index is 0.00725. The maximum atomic E-state index is 14.2. The molecule has 2 aliphatic heterocycles. The molecule has 4 amide bonds. The Morgan fingerprint density at radius 1 is 0.683 bits per heavy atom. The number of carbonyl (C=O) groups is 5. The van der Waals surface area contributed by atoms with E-state index in [0.29, 0.717) is 57.2 Å². The highest BCUT2D eigenvalue weighted by Crippen LogP contribution is 2.38. The average molecular weight is 915 g/mol. The Bertz CT molecular complexity index is 1750. The molecule has 1 saturated heterocycles. The highest BCUT2D eigenvalue weighted by Gasteiger charge is 2.47. The number of guanidine groups is 2. The highest BCUT2D eigenvalue weighted by molar-refractivity contribution is 7.85. The Kier molecular flexibility index (Phi) is 20.8. The summed E-state index contributed by atoms with van der Waals surface area (Å²) in [5.74, 6) is -0.762. The Balaban J connectivity index is 2.34. The van der Waals surface area contributed by atoms with Gasteiger partial charge in [-0.05, 0) is 122 Å². The van der Waals surface area contributed by atoms with Crippen LogP contribution in [0.4, 0.5) is 19.2 Å². The van der Waals surface area contributed by atoms with E-state index in [-0.39, 0.29) is 37.3 Å². The van der Waals surface area contributed by atoms with Gasteiger partial charge in [0.2, 0.25) is 11.9 Å². The van der Waals surface area contributed by atoms with E-state index in [0.717, 1.165) is 38.4 Å².